The molecule has 0 radical (unpaired) electrons. The van der Waals surface area contributed by atoms with Crippen LogP contribution in [0.5, 0.6) is 0 Å². The first kappa shape index (κ1) is 23.5. The maximum atomic E-state index is 13.3. The summed E-state index contributed by atoms with van der Waals surface area (Å²) in [5, 5.41) is 5.45. The van der Waals surface area contributed by atoms with Crippen molar-refractivity contribution in [2.45, 2.75) is 49.5 Å². The molecule has 0 saturated carbocycles. The largest absolute Gasteiger partial charge is 0.325 e. The Bertz CT molecular complexity index is 1320. The number of anilines is 1. The molecular formula is C25H28N4O5S. The molecule has 9 nitrogen and oxygen atoms in total. The van der Waals surface area contributed by atoms with Gasteiger partial charge in [0.1, 0.15) is 12.1 Å². The Morgan fingerprint density at radius 2 is 1.83 bits per heavy atom. The number of sulfonamides is 1. The van der Waals surface area contributed by atoms with Crippen LogP contribution in [0, 0.1) is 6.92 Å². The van der Waals surface area contributed by atoms with E-state index in [1.54, 1.807) is 19.1 Å². The summed E-state index contributed by atoms with van der Waals surface area (Å²) >= 11 is 0. The Hall–Kier alpha value is -3.24. The average Bonchev–Trinajstić information content (AvgIpc) is 3.33. The van der Waals surface area contributed by atoms with E-state index in [0.717, 1.165) is 35.3 Å². The lowest BCUT2D eigenvalue weighted by atomic mass is 9.92. The first-order valence-electron chi connectivity index (χ1n) is 11.9. The molecule has 10 heteroatoms. The van der Waals surface area contributed by atoms with E-state index in [1.165, 1.54) is 10.4 Å². The Balaban J connectivity index is 1.32. The van der Waals surface area contributed by atoms with Gasteiger partial charge in [-0.3, -0.25) is 14.5 Å². The van der Waals surface area contributed by atoms with Gasteiger partial charge < -0.3 is 10.6 Å². The molecule has 2 heterocycles. The van der Waals surface area contributed by atoms with E-state index >= 15 is 0 Å². The van der Waals surface area contributed by atoms with E-state index in [2.05, 4.69) is 10.6 Å². The molecule has 2 N–H and O–H groups in total. The fraction of sp³-hybridized carbons (Fsp3) is 0.400. The molecule has 2 saturated heterocycles. The lowest BCUT2D eigenvalue weighted by Crippen LogP contribution is -2.43. The van der Waals surface area contributed by atoms with Crippen LogP contribution in [-0.4, -0.2) is 55.1 Å². The lowest BCUT2D eigenvalue weighted by Gasteiger charge is -2.26. The zero-order valence-corrected chi connectivity index (χ0v) is 20.4. The predicted octanol–water partition coefficient (Wildman–Crippen LogP) is 2.50. The Morgan fingerprint density at radius 3 is 2.60 bits per heavy atom. The Morgan fingerprint density at radius 1 is 1.09 bits per heavy atom. The highest BCUT2D eigenvalue weighted by atomic mass is 32.2. The molecule has 4 amide bonds. The van der Waals surface area contributed by atoms with Crippen molar-refractivity contribution >= 4 is 33.6 Å². The van der Waals surface area contributed by atoms with Crippen molar-refractivity contribution in [3.63, 3.8) is 0 Å². The van der Waals surface area contributed by atoms with E-state index in [-0.39, 0.29) is 4.90 Å². The number of hydrogen-bond acceptors (Lipinski definition) is 5. The summed E-state index contributed by atoms with van der Waals surface area (Å²) in [6.45, 7) is 2.22. The molecule has 1 atom stereocenters. The van der Waals surface area contributed by atoms with Crippen LogP contribution < -0.4 is 10.6 Å². The highest BCUT2D eigenvalue weighted by Crippen LogP contribution is 2.41. The third-order valence-corrected chi connectivity index (χ3v) is 9.17. The zero-order valence-electron chi connectivity index (χ0n) is 19.5. The summed E-state index contributed by atoms with van der Waals surface area (Å²) in [6, 6.07) is 11.6. The van der Waals surface area contributed by atoms with Gasteiger partial charge in [0.25, 0.3) is 5.91 Å². The Labute approximate surface area is 204 Å². The number of benzene rings is 2. The molecule has 2 aromatic carbocycles. The molecule has 2 aromatic rings. The number of carbonyl (C=O) groups is 3. The molecule has 5 rings (SSSR count). The molecule has 1 aliphatic carbocycles. The van der Waals surface area contributed by atoms with Crippen LogP contribution in [-0.2, 0) is 31.6 Å². The minimum absolute atomic E-state index is 0.147. The normalized spacial score (nSPS) is 22.4. The molecule has 35 heavy (non-hydrogen) atoms. The number of carbonyl (C=O) groups excluding carboxylic acids is 3. The first-order valence-corrected chi connectivity index (χ1v) is 13.3. The molecule has 0 unspecified atom stereocenters. The highest BCUT2D eigenvalue weighted by Gasteiger charge is 2.55. The number of imide groups is 1. The lowest BCUT2D eigenvalue weighted by molar-refractivity contribution is -0.134. The monoisotopic (exact) mass is 496 g/mol. The highest BCUT2D eigenvalue weighted by molar-refractivity contribution is 7.89. The third kappa shape index (κ3) is 4.00. The molecule has 0 aromatic heterocycles. The summed E-state index contributed by atoms with van der Waals surface area (Å²) in [7, 11) is -3.68. The van der Waals surface area contributed by atoms with Crippen LogP contribution in [0.3, 0.4) is 0 Å². The van der Waals surface area contributed by atoms with Crippen molar-refractivity contribution in [1.29, 1.82) is 0 Å². The third-order valence-electron chi connectivity index (χ3n) is 7.13. The van der Waals surface area contributed by atoms with E-state index < -0.39 is 40.0 Å². The van der Waals surface area contributed by atoms with Crippen LogP contribution in [0.2, 0.25) is 0 Å². The summed E-state index contributed by atoms with van der Waals surface area (Å²) in [5.74, 6) is -1.03. The van der Waals surface area contributed by atoms with Crippen molar-refractivity contribution in [3.05, 3.63) is 59.2 Å². The number of nitrogens with zero attached hydrogens (tertiary/aromatic N) is 2. The van der Waals surface area contributed by atoms with Gasteiger partial charge in [0, 0.05) is 18.8 Å². The predicted molar refractivity (Wildman–Crippen MR) is 129 cm³/mol. The number of aryl methyl sites for hydroxylation is 2. The quantitative estimate of drug-likeness (QED) is 0.617. The molecule has 184 valence electrons. The average molecular weight is 497 g/mol. The van der Waals surface area contributed by atoms with Crippen LogP contribution in [0.4, 0.5) is 10.5 Å². The van der Waals surface area contributed by atoms with E-state index in [4.69, 9.17) is 0 Å². The second-order valence-electron chi connectivity index (χ2n) is 9.38. The number of fused-ring (bicyclic) bond motifs is 2. The smallest absolute Gasteiger partial charge is 0.324 e. The van der Waals surface area contributed by atoms with Crippen LogP contribution >= 0.6 is 0 Å². The topological polar surface area (TPSA) is 116 Å². The van der Waals surface area contributed by atoms with Gasteiger partial charge in [-0.2, -0.15) is 4.31 Å². The number of nitrogens with one attached hydrogen (secondary N) is 2. The van der Waals surface area contributed by atoms with E-state index in [9.17, 15) is 22.8 Å². The minimum Gasteiger partial charge on any atom is -0.324 e. The second-order valence-corrected chi connectivity index (χ2v) is 11.3. The molecule has 1 spiro atoms. The first-order chi connectivity index (χ1) is 16.7. The van der Waals surface area contributed by atoms with Crippen LogP contribution in [0.25, 0.3) is 0 Å². The fourth-order valence-electron chi connectivity index (χ4n) is 5.28. The van der Waals surface area contributed by atoms with Crippen molar-refractivity contribution in [2.75, 3.05) is 25.0 Å². The van der Waals surface area contributed by atoms with Crippen LogP contribution in [0.1, 0.15) is 42.4 Å². The molecule has 0 bridgehead atoms. The molecule has 2 fully saturated rings. The standard InChI is InChI=1S/C25H28N4O5S/c1-17-9-10-19(15-21(17)35(33,34)28-13-5-2-6-14-28)26-22(30)16-29-23(31)25(27-24(29)32)12-11-18-7-3-4-8-20(18)25/h3-4,7-10,15H,2,5-6,11-14,16H2,1H3,(H,26,30)(H,27,32)/t25-/m1/s1. The van der Waals surface area contributed by atoms with Gasteiger partial charge in [-0.25, -0.2) is 13.2 Å². The molecule has 2 aliphatic heterocycles. The fourth-order valence-corrected chi connectivity index (χ4v) is 7.05. The molecule has 3 aliphatic rings. The van der Waals surface area contributed by atoms with Gasteiger partial charge in [-0.1, -0.05) is 36.8 Å². The van der Waals surface area contributed by atoms with Crippen molar-refractivity contribution in [3.8, 4) is 0 Å². The number of hydrogen-bond donors (Lipinski definition) is 2. The van der Waals surface area contributed by atoms with Gasteiger partial charge in [-0.05, 0) is 61.4 Å². The summed E-state index contributed by atoms with van der Waals surface area (Å²) in [6.07, 6.45) is 3.78. The maximum absolute atomic E-state index is 13.3. The van der Waals surface area contributed by atoms with Gasteiger partial charge >= 0.3 is 6.03 Å². The van der Waals surface area contributed by atoms with E-state index in [0.29, 0.717) is 37.2 Å². The summed E-state index contributed by atoms with van der Waals surface area (Å²) < 4.78 is 27.8. The zero-order chi connectivity index (χ0) is 24.8. The number of rotatable bonds is 5. The van der Waals surface area contributed by atoms with Crippen molar-refractivity contribution in [1.82, 2.24) is 14.5 Å². The Kier molecular flexibility index (Phi) is 5.88. The van der Waals surface area contributed by atoms with Crippen LogP contribution in [0.15, 0.2) is 47.4 Å². The van der Waals surface area contributed by atoms with Gasteiger partial charge in [0.2, 0.25) is 15.9 Å². The van der Waals surface area contributed by atoms with E-state index in [1.807, 2.05) is 24.3 Å². The van der Waals surface area contributed by atoms with Gasteiger partial charge in [-0.15, -0.1) is 0 Å². The second kappa shape index (κ2) is 8.76. The number of piperidine rings is 1. The number of urea groups is 1. The van der Waals surface area contributed by atoms with Crippen molar-refractivity contribution in [2.24, 2.45) is 0 Å². The molecular weight excluding hydrogens is 468 g/mol. The minimum atomic E-state index is -3.68. The maximum Gasteiger partial charge on any atom is 0.325 e. The van der Waals surface area contributed by atoms with Gasteiger partial charge in [0.15, 0.2) is 0 Å². The summed E-state index contributed by atoms with van der Waals surface area (Å²) in [5.41, 5.74) is 1.53. The number of amides is 4. The van der Waals surface area contributed by atoms with Gasteiger partial charge in [0.05, 0.1) is 4.90 Å². The van der Waals surface area contributed by atoms with Crippen molar-refractivity contribution < 1.29 is 22.8 Å². The SMILES string of the molecule is Cc1ccc(NC(=O)CN2C(=O)N[C@@]3(CCc4ccccc43)C2=O)cc1S(=O)(=O)N1CCCCC1. The summed E-state index contributed by atoms with van der Waals surface area (Å²) in [4.78, 5) is 39.8.